The molecule has 0 spiro atoms. The van der Waals surface area contributed by atoms with Gasteiger partial charge in [-0.1, -0.05) is 5.16 Å². The number of aromatic nitrogens is 5. The van der Waals surface area contributed by atoms with E-state index in [9.17, 15) is 5.11 Å². The highest BCUT2D eigenvalue weighted by Crippen LogP contribution is 2.23. The Morgan fingerprint density at radius 2 is 2.44 bits per heavy atom. The molecule has 84 valence electrons. The third-order valence-electron chi connectivity index (χ3n) is 2.49. The first kappa shape index (κ1) is 9.43. The summed E-state index contributed by atoms with van der Waals surface area (Å²) >= 11 is 0. The molecule has 8 heteroatoms. The molecule has 1 fully saturated rings. The Morgan fingerprint density at radius 1 is 1.50 bits per heavy atom. The van der Waals surface area contributed by atoms with E-state index in [-0.39, 0.29) is 12.1 Å². The Kier molecular flexibility index (Phi) is 2.15. The highest BCUT2D eigenvalue weighted by Gasteiger charge is 2.28. The second-order valence-electron chi connectivity index (χ2n) is 3.66. The zero-order chi connectivity index (χ0) is 11.0. The van der Waals surface area contributed by atoms with Gasteiger partial charge in [0.15, 0.2) is 5.69 Å². The number of hydrogen-bond acceptors (Lipinski definition) is 7. The number of aromatic amines is 1. The molecule has 8 nitrogen and oxygen atoms in total. The van der Waals surface area contributed by atoms with Gasteiger partial charge in [-0.05, 0) is 6.42 Å². The maximum absolute atomic E-state index is 9.37. The SMILES string of the molecule is O[C@@H]1CN[C@@H](c2nc(-c3cn[nH]n3)no2)C1. The summed E-state index contributed by atoms with van der Waals surface area (Å²) in [5.41, 5.74) is 0.536. The molecule has 2 aromatic rings. The fraction of sp³-hybridized carbons (Fsp3) is 0.500. The van der Waals surface area contributed by atoms with E-state index in [0.29, 0.717) is 30.4 Å². The number of nitrogens with one attached hydrogen (secondary N) is 2. The summed E-state index contributed by atoms with van der Waals surface area (Å²) < 4.78 is 5.10. The molecule has 1 aliphatic rings. The van der Waals surface area contributed by atoms with Crippen molar-refractivity contribution in [3.05, 3.63) is 12.1 Å². The summed E-state index contributed by atoms with van der Waals surface area (Å²) in [4.78, 5) is 4.20. The molecule has 2 atom stereocenters. The fourth-order valence-electron chi connectivity index (χ4n) is 1.70. The molecule has 3 heterocycles. The summed E-state index contributed by atoms with van der Waals surface area (Å²) in [6, 6.07) is -0.0804. The minimum atomic E-state index is -0.354. The summed E-state index contributed by atoms with van der Waals surface area (Å²) in [5.74, 6) is 0.862. The van der Waals surface area contributed by atoms with Crippen molar-refractivity contribution >= 4 is 0 Å². The Bertz CT molecular complexity index is 467. The normalized spacial score (nSPS) is 25.1. The quantitative estimate of drug-likeness (QED) is 0.612. The highest BCUT2D eigenvalue weighted by molar-refractivity contribution is 5.44. The van der Waals surface area contributed by atoms with Crippen molar-refractivity contribution in [2.45, 2.75) is 18.6 Å². The largest absolute Gasteiger partial charge is 0.392 e. The third-order valence-corrected chi connectivity index (χ3v) is 2.49. The Morgan fingerprint density at radius 3 is 3.12 bits per heavy atom. The van der Waals surface area contributed by atoms with Crippen LogP contribution in [0.25, 0.3) is 11.5 Å². The van der Waals surface area contributed by atoms with E-state index in [1.807, 2.05) is 0 Å². The number of nitrogens with zero attached hydrogens (tertiary/aromatic N) is 4. The van der Waals surface area contributed by atoms with Crippen LogP contribution in [-0.2, 0) is 0 Å². The molecule has 2 aromatic heterocycles. The van der Waals surface area contributed by atoms with Crippen molar-refractivity contribution in [3.63, 3.8) is 0 Å². The minimum Gasteiger partial charge on any atom is -0.392 e. The van der Waals surface area contributed by atoms with Crippen LogP contribution in [0, 0.1) is 0 Å². The van der Waals surface area contributed by atoms with Crippen molar-refractivity contribution in [1.82, 2.24) is 30.9 Å². The monoisotopic (exact) mass is 222 g/mol. The molecular weight excluding hydrogens is 212 g/mol. The molecular formula is C8H10N6O2. The molecule has 0 unspecified atom stereocenters. The first-order chi connectivity index (χ1) is 7.83. The molecule has 0 aromatic carbocycles. The topological polar surface area (TPSA) is 113 Å². The lowest BCUT2D eigenvalue weighted by Gasteiger charge is -2.01. The van der Waals surface area contributed by atoms with E-state index in [1.54, 1.807) is 0 Å². The van der Waals surface area contributed by atoms with Gasteiger partial charge in [0, 0.05) is 6.54 Å². The van der Waals surface area contributed by atoms with Crippen LogP contribution < -0.4 is 5.32 Å². The van der Waals surface area contributed by atoms with Gasteiger partial charge in [0.25, 0.3) is 0 Å². The molecule has 1 aliphatic heterocycles. The van der Waals surface area contributed by atoms with E-state index in [2.05, 4.69) is 30.9 Å². The second kappa shape index (κ2) is 3.65. The van der Waals surface area contributed by atoms with Crippen molar-refractivity contribution in [2.75, 3.05) is 6.54 Å². The lowest BCUT2D eigenvalue weighted by atomic mass is 10.2. The van der Waals surface area contributed by atoms with Crippen LogP contribution in [0.5, 0.6) is 0 Å². The van der Waals surface area contributed by atoms with Crippen LogP contribution >= 0.6 is 0 Å². The van der Waals surface area contributed by atoms with Crippen LogP contribution in [0.2, 0.25) is 0 Å². The number of β-amino-alcohol motifs (C(OH)–C–C–N with tert-alkyl or cyclic N) is 1. The van der Waals surface area contributed by atoms with Crippen LogP contribution in [0.3, 0.4) is 0 Å². The molecule has 0 amide bonds. The summed E-state index contributed by atoms with van der Waals surface area (Å²) in [7, 11) is 0. The molecule has 3 rings (SSSR count). The maximum atomic E-state index is 9.37. The fourth-order valence-corrected chi connectivity index (χ4v) is 1.70. The van der Waals surface area contributed by atoms with E-state index < -0.39 is 0 Å². The van der Waals surface area contributed by atoms with Gasteiger partial charge in [-0.15, -0.1) is 0 Å². The van der Waals surface area contributed by atoms with E-state index in [4.69, 9.17) is 4.52 Å². The lowest BCUT2D eigenvalue weighted by molar-refractivity contribution is 0.191. The number of aliphatic hydroxyl groups excluding tert-OH is 1. The Hall–Kier alpha value is -1.80. The molecule has 0 bridgehead atoms. The average Bonchev–Trinajstić information content (AvgIpc) is 2.97. The predicted molar refractivity (Wildman–Crippen MR) is 51.0 cm³/mol. The highest BCUT2D eigenvalue weighted by atomic mass is 16.5. The predicted octanol–water partition coefficient (Wildman–Crippen LogP) is -0.750. The van der Waals surface area contributed by atoms with Gasteiger partial charge in [-0.25, -0.2) is 0 Å². The molecule has 3 N–H and O–H groups in total. The number of rotatable bonds is 2. The first-order valence-electron chi connectivity index (χ1n) is 4.94. The average molecular weight is 222 g/mol. The van der Waals surface area contributed by atoms with Gasteiger partial charge in [0.05, 0.1) is 18.3 Å². The first-order valence-corrected chi connectivity index (χ1v) is 4.94. The minimum absolute atomic E-state index is 0.0804. The molecule has 0 saturated carbocycles. The standard InChI is InChI=1S/C8H10N6O2/c15-4-1-5(9-2-4)8-11-7(13-16-8)6-3-10-14-12-6/h3-5,9,15H,1-2H2,(H,10,12,14)/t4-,5+/m0/s1. The van der Waals surface area contributed by atoms with Crippen LogP contribution in [0.1, 0.15) is 18.4 Å². The van der Waals surface area contributed by atoms with Crippen molar-refractivity contribution in [3.8, 4) is 11.5 Å². The van der Waals surface area contributed by atoms with E-state index >= 15 is 0 Å². The van der Waals surface area contributed by atoms with Gasteiger partial charge in [0.1, 0.15) is 0 Å². The van der Waals surface area contributed by atoms with E-state index in [1.165, 1.54) is 6.20 Å². The van der Waals surface area contributed by atoms with E-state index in [0.717, 1.165) is 0 Å². The van der Waals surface area contributed by atoms with Gasteiger partial charge >= 0.3 is 0 Å². The summed E-state index contributed by atoms with van der Waals surface area (Å²) in [6.07, 6.45) is 1.75. The second-order valence-corrected chi connectivity index (χ2v) is 3.66. The van der Waals surface area contributed by atoms with Gasteiger partial charge in [-0.3, -0.25) is 0 Å². The molecule has 1 saturated heterocycles. The number of aliphatic hydroxyl groups is 1. The van der Waals surface area contributed by atoms with Gasteiger partial charge < -0.3 is 14.9 Å². The van der Waals surface area contributed by atoms with Crippen LogP contribution in [0.4, 0.5) is 0 Å². The van der Waals surface area contributed by atoms with Crippen molar-refractivity contribution in [1.29, 1.82) is 0 Å². The zero-order valence-corrected chi connectivity index (χ0v) is 8.29. The van der Waals surface area contributed by atoms with Gasteiger partial charge in [0.2, 0.25) is 11.7 Å². The van der Waals surface area contributed by atoms with Crippen molar-refractivity contribution < 1.29 is 9.63 Å². The molecule has 0 radical (unpaired) electrons. The number of hydrogen-bond donors (Lipinski definition) is 3. The van der Waals surface area contributed by atoms with Crippen molar-refractivity contribution in [2.24, 2.45) is 0 Å². The third kappa shape index (κ3) is 1.57. The maximum Gasteiger partial charge on any atom is 0.244 e. The Labute approximate surface area is 90.1 Å². The van der Waals surface area contributed by atoms with Gasteiger partial charge in [-0.2, -0.15) is 20.4 Å². The smallest absolute Gasteiger partial charge is 0.244 e. The summed E-state index contributed by atoms with van der Waals surface area (Å²) in [5, 5.41) is 26.3. The number of H-pyrrole nitrogens is 1. The Balaban J connectivity index is 1.83. The zero-order valence-electron chi connectivity index (χ0n) is 8.29. The van der Waals surface area contributed by atoms with Crippen LogP contribution in [-0.4, -0.2) is 43.3 Å². The van der Waals surface area contributed by atoms with Crippen LogP contribution in [0.15, 0.2) is 10.7 Å². The summed E-state index contributed by atoms with van der Waals surface area (Å²) in [6.45, 7) is 0.548. The molecule has 0 aliphatic carbocycles. The lowest BCUT2D eigenvalue weighted by Crippen LogP contribution is -2.15. The molecule has 16 heavy (non-hydrogen) atoms.